The molecule has 64 valence electrons. The maximum atomic E-state index is 11.5. The number of rotatable bonds is 1. The van der Waals surface area contributed by atoms with E-state index in [2.05, 4.69) is 6.07 Å². The van der Waals surface area contributed by atoms with Crippen LogP contribution in [0.5, 0.6) is 0 Å². The fraction of sp³-hybridized carbons (Fsp3) is 0.417. The van der Waals surface area contributed by atoms with Gasteiger partial charge in [-0.1, -0.05) is 18.2 Å². The average molecular weight is 170 g/mol. The molecule has 0 heterocycles. The van der Waals surface area contributed by atoms with Crippen molar-refractivity contribution in [3.63, 3.8) is 0 Å². The van der Waals surface area contributed by atoms with Crippen LogP contribution in [0.3, 0.4) is 0 Å². The Morgan fingerprint density at radius 1 is 1.15 bits per heavy atom. The Kier molecular flexibility index (Phi) is 0.721. The Morgan fingerprint density at radius 3 is 2.38 bits per heavy atom. The number of hydrogen-bond donors (Lipinski definition) is 0. The first-order valence-electron chi connectivity index (χ1n) is 4.90. The highest BCUT2D eigenvalue weighted by Crippen LogP contribution is 3.09. The Bertz CT molecular complexity index is 461. The van der Waals surface area contributed by atoms with Gasteiger partial charge in [0.2, 0.25) is 0 Å². The van der Waals surface area contributed by atoms with Crippen LogP contribution in [0, 0.1) is 24.7 Å². The van der Waals surface area contributed by atoms with Crippen LogP contribution in [-0.2, 0) is 5.41 Å². The minimum absolute atomic E-state index is 0.200. The zero-order chi connectivity index (χ0) is 8.79. The van der Waals surface area contributed by atoms with Gasteiger partial charge in [-0.25, -0.2) is 0 Å². The molecule has 0 aromatic heterocycles. The van der Waals surface area contributed by atoms with E-state index >= 15 is 0 Å². The van der Waals surface area contributed by atoms with Gasteiger partial charge in [-0.2, -0.15) is 0 Å². The summed E-state index contributed by atoms with van der Waals surface area (Å²) < 4.78 is 0. The maximum Gasteiger partial charge on any atom is 0.181 e. The van der Waals surface area contributed by atoms with Crippen molar-refractivity contribution in [3.8, 4) is 0 Å². The molecule has 0 saturated heterocycles. The highest BCUT2D eigenvalue weighted by molar-refractivity contribution is 5.69. The van der Waals surface area contributed by atoms with Gasteiger partial charge in [0, 0.05) is 11.0 Å². The first kappa shape index (κ1) is 6.36. The second kappa shape index (κ2) is 1.47. The lowest BCUT2D eigenvalue weighted by Crippen LogP contribution is -2.03. The van der Waals surface area contributed by atoms with E-state index in [1.165, 1.54) is 5.56 Å². The van der Waals surface area contributed by atoms with Crippen molar-refractivity contribution >= 4 is 0 Å². The van der Waals surface area contributed by atoms with Crippen molar-refractivity contribution in [1.82, 2.24) is 0 Å². The number of hydrogen-bond acceptors (Lipinski definition) is 1. The first-order chi connectivity index (χ1) is 6.29. The molecule has 1 heteroatoms. The van der Waals surface area contributed by atoms with Gasteiger partial charge in [0.25, 0.3) is 0 Å². The molecule has 0 spiro atoms. The fourth-order valence-electron chi connectivity index (χ4n) is 3.03. The van der Waals surface area contributed by atoms with E-state index < -0.39 is 0 Å². The van der Waals surface area contributed by atoms with Crippen molar-refractivity contribution in [3.05, 3.63) is 45.6 Å². The molecule has 0 unspecified atom stereocenters. The standard InChI is InChI=1S/C12H10O/c1-6-7(4-2-3-5-8(6)13)12-9-10(12)11(9)12/h2-5,9-11H,1H3. The molecule has 1 aromatic carbocycles. The SMILES string of the molecule is Cc1c(C23C4C2C43)ccccc1=O. The predicted molar refractivity (Wildman–Crippen MR) is 49.6 cm³/mol. The molecule has 4 fully saturated rings. The van der Waals surface area contributed by atoms with Crippen LogP contribution < -0.4 is 5.43 Å². The smallest absolute Gasteiger partial charge is 0.181 e. The third-order valence-corrected chi connectivity index (χ3v) is 4.21. The minimum atomic E-state index is 0.200. The predicted octanol–water partition coefficient (Wildman–Crippen LogP) is 1.48. The van der Waals surface area contributed by atoms with E-state index in [4.69, 9.17) is 0 Å². The van der Waals surface area contributed by atoms with Crippen LogP contribution in [0.25, 0.3) is 0 Å². The molecule has 0 atom stereocenters. The van der Waals surface area contributed by atoms with Gasteiger partial charge in [-0.15, -0.1) is 0 Å². The Labute approximate surface area is 76.4 Å². The molecule has 1 nitrogen and oxygen atoms in total. The summed E-state index contributed by atoms with van der Waals surface area (Å²) in [7, 11) is 0. The van der Waals surface area contributed by atoms with Gasteiger partial charge < -0.3 is 0 Å². The summed E-state index contributed by atoms with van der Waals surface area (Å²) in [5.74, 6) is 2.98. The molecule has 0 aliphatic heterocycles. The summed E-state index contributed by atoms with van der Waals surface area (Å²) in [4.78, 5) is 11.5. The van der Waals surface area contributed by atoms with Gasteiger partial charge in [-0.05, 0) is 36.3 Å². The van der Waals surface area contributed by atoms with Crippen LogP contribution in [0.15, 0.2) is 29.1 Å². The fourth-order valence-corrected chi connectivity index (χ4v) is 3.03. The monoisotopic (exact) mass is 170 g/mol. The van der Waals surface area contributed by atoms with Gasteiger partial charge >= 0.3 is 0 Å². The molecule has 5 rings (SSSR count). The van der Waals surface area contributed by atoms with E-state index in [0.29, 0.717) is 5.41 Å². The molecule has 0 bridgehead atoms. The van der Waals surface area contributed by atoms with Crippen molar-refractivity contribution < 1.29 is 0 Å². The third kappa shape index (κ3) is 0.490. The topological polar surface area (TPSA) is 17.1 Å². The Balaban J connectivity index is 2.03. The zero-order valence-electron chi connectivity index (χ0n) is 7.45. The molecule has 1 aromatic rings. The molecule has 4 saturated carbocycles. The van der Waals surface area contributed by atoms with Crippen molar-refractivity contribution in [2.75, 3.05) is 0 Å². The van der Waals surface area contributed by atoms with E-state index in [0.717, 1.165) is 23.3 Å². The molecular weight excluding hydrogens is 160 g/mol. The lowest BCUT2D eigenvalue weighted by atomic mass is 10.1. The van der Waals surface area contributed by atoms with Gasteiger partial charge in [0.1, 0.15) is 0 Å². The van der Waals surface area contributed by atoms with E-state index in [-0.39, 0.29) is 5.43 Å². The zero-order valence-corrected chi connectivity index (χ0v) is 7.45. The summed E-state index contributed by atoms with van der Waals surface area (Å²) >= 11 is 0. The quantitative estimate of drug-likeness (QED) is 0.624. The van der Waals surface area contributed by atoms with Gasteiger partial charge in [0.05, 0.1) is 0 Å². The summed E-state index contributed by atoms with van der Waals surface area (Å²) in [6.07, 6.45) is 0. The molecule has 0 radical (unpaired) electrons. The summed E-state index contributed by atoms with van der Waals surface area (Å²) in [5, 5.41) is 0. The summed E-state index contributed by atoms with van der Waals surface area (Å²) in [5.41, 5.74) is 3.08. The normalized spacial score (nSPS) is 46.7. The van der Waals surface area contributed by atoms with Crippen LogP contribution >= 0.6 is 0 Å². The van der Waals surface area contributed by atoms with Crippen LogP contribution in [0.1, 0.15) is 11.1 Å². The van der Waals surface area contributed by atoms with Crippen molar-refractivity contribution in [1.29, 1.82) is 0 Å². The highest BCUT2D eigenvalue weighted by atomic mass is 16.1. The lowest BCUT2D eigenvalue weighted by Gasteiger charge is -1.96. The second-order valence-electron chi connectivity index (χ2n) is 4.63. The molecule has 0 N–H and O–H groups in total. The van der Waals surface area contributed by atoms with Crippen LogP contribution in [0.2, 0.25) is 0 Å². The lowest BCUT2D eigenvalue weighted by molar-refractivity contribution is 1.06. The maximum absolute atomic E-state index is 11.5. The third-order valence-electron chi connectivity index (χ3n) is 4.21. The van der Waals surface area contributed by atoms with Crippen molar-refractivity contribution in [2.45, 2.75) is 12.3 Å². The second-order valence-corrected chi connectivity index (χ2v) is 4.63. The van der Waals surface area contributed by atoms with E-state index in [9.17, 15) is 4.79 Å². The van der Waals surface area contributed by atoms with Crippen LogP contribution in [0.4, 0.5) is 0 Å². The molecule has 13 heavy (non-hydrogen) atoms. The molecule has 0 amide bonds. The van der Waals surface area contributed by atoms with Gasteiger partial charge in [-0.3, -0.25) is 4.79 Å². The highest BCUT2D eigenvalue weighted by Gasteiger charge is 3.09. The largest absolute Gasteiger partial charge is 0.290 e. The van der Waals surface area contributed by atoms with Crippen molar-refractivity contribution in [2.24, 2.45) is 17.8 Å². The van der Waals surface area contributed by atoms with E-state index in [1.54, 1.807) is 6.07 Å². The molecule has 4 aliphatic carbocycles. The summed E-state index contributed by atoms with van der Waals surface area (Å²) in [6, 6.07) is 7.68. The van der Waals surface area contributed by atoms with Gasteiger partial charge in [0.15, 0.2) is 5.43 Å². The Morgan fingerprint density at radius 2 is 1.77 bits per heavy atom. The molecular formula is C12H10O. The average Bonchev–Trinajstić information content (AvgIpc) is 2.95. The van der Waals surface area contributed by atoms with Crippen LogP contribution in [-0.4, -0.2) is 0 Å². The minimum Gasteiger partial charge on any atom is -0.290 e. The Hall–Kier alpha value is -1.11. The van der Waals surface area contributed by atoms with E-state index in [1.807, 2.05) is 19.1 Å². The first-order valence-corrected chi connectivity index (χ1v) is 4.90. The summed E-state index contributed by atoms with van der Waals surface area (Å²) in [6.45, 7) is 1.97. The molecule has 4 aliphatic rings.